The van der Waals surface area contributed by atoms with Crippen molar-refractivity contribution in [3.05, 3.63) is 35.1 Å². The van der Waals surface area contributed by atoms with Gasteiger partial charge in [-0.1, -0.05) is 0 Å². The fraction of sp³-hybridized carbons (Fsp3) is 0.697. The summed E-state index contributed by atoms with van der Waals surface area (Å²) in [5, 5.41) is 31.0. The van der Waals surface area contributed by atoms with Crippen molar-refractivity contribution in [2.24, 2.45) is 0 Å². The number of rotatable bonds is 14. The van der Waals surface area contributed by atoms with Crippen LogP contribution in [0.25, 0.3) is 0 Å². The summed E-state index contributed by atoms with van der Waals surface area (Å²) >= 11 is 0. The van der Waals surface area contributed by atoms with Crippen molar-refractivity contribution in [1.82, 2.24) is 4.90 Å². The third-order valence-electron chi connectivity index (χ3n) is 9.46. The fourth-order valence-corrected chi connectivity index (χ4v) is 7.26. The van der Waals surface area contributed by atoms with Crippen molar-refractivity contribution in [3.8, 4) is 11.5 Å². The first-order valence-corrected chi connectivity index (χ1v) is 15.9. The number of ether oxygens (including phenoxy) is 5. The summed E-state index contributed by atoms with van der Waals surface area (Å²) in [6, 6.07) is 4.00. The summed E-state index contributed by atoms with van der Waals surface area (Å²) in [6.07, 6.45) is 5.65. The molecule has 2 unspecified atom stereocenters. The average molecular weight is 618 g/mol. The molecule has 4 aliphatic rings. The Kier molecular flexibility index (Phi) is 9.79. The summed E-state index contributed by atoms with van der Waals surface area (Å²) in [7, 11) is 1.55. The van der Waals surface area contributed by atoms with E-state index in [0.29, 0.717) is 42.9 Å². The fourth-order valence-electron chi connectivity index (χ4n) is 7.26. The molecule has 1 saturated heterocycles. The minimum atomic E-state index is -2.17. The molecule has 4 atom stereocenters. The van der Waals surface area contributed by atoms with Gasteiger partial charge in [0.05, 0.1) is 37.2 Å². The maximum absolute atomic E-state index is 14.0. The van der Waals surface area contributed by atoms with Gasteiger partial charge in [0.15, 0.2) is 23.2 Å². The van der Waals surface area contributed by atoms with Gasteiger partial charge in [-0.05, 0) is 108 Å². The molecular weight excluding hydrogens is 570 g/mol. The lowest BCUT2D eigenvalue weighted by Crippen LogP contribution is -2.49. The molecule has 0 amide bonds. The first kappa shape index (κ1) is 32.5. The second-order valence-corrected chi connectivity index (χ2v) is 13.2. The van der Waals surface area contributed by atoms with E-state index in [1.54, 1.807) is 21.0 Å². The van der Waals surface area contributed by atoms with Crippen LogP contribution in [0.4, 0.5) is 0 Å². The minimum absolute atomic E-state index is 0.0631. The summed E-state index contributed by atoms with van der Waals surface area (Å²) < 4.78 is 28.8. The molecule has 0 bridgehead atoms. The van der Waals surface area contributed by atoms with E-state index in [0.717, 1.165) is 43.5 Å². The molecule has 0 aromatic heterocycles. The minimum Gasteiger partial charge on any atom is -0.497 e. The number of carbonyl (C=O) groups excluding carboxylic acids is 2. The maximum atomic E-state index is 14.0. The Morgan fingerprint density at radius 3 is 2.57 bits per heavy atom. The Balaban J connectivity index is 1.42. The Hall–Kier alpha value is -2.86. The van der Waals surface area contributed by atoms with Crippen LogP contribution in [0.2, 0.25) is 0 Å². The number of nitrogens with zero attached hydrogens (tertiary/aromatic N) is 1. The van der Waals surface area contributed by atoms with Crippen molar-refractivity contribution < 1.29 is 48.6 Å². The van der Waals surface area contributed by atoms with E-state index in [-0.39, 0.29) is 38.8 Å². The Labute approximate surface area is 259 Å². The zero-order valence-corrected chi connectivity index (χ0v) is 26.1. The molecule has 1 spiro atoms. The molecule has 1 aromatic carbocycles. The highest BCUT2D eigenvalue weighted by Crippen LogP contribution is 2.55. The lowest BCUT2D eigenvalue weighted by Gasteiger charge is -2.39. The topological polar surface area (TPSA) is 144 Å². The van der Waals surface area contributed by atoms with Gasteiger partial charge in [0.2, 0.25) is 6.79 Å². The molecule has 1 aromatic rings. The molecule has 11 nitrogen and oxygen atoms in total. The molecule has 5 rings (SSSR count). The van der Waals surface area contributed by atoms with Crippen LogP contribution >= 0.6 is 0 Å². The van der Waals surface area contributed by atoms with Crippen LogP contribution in [0, 0.1) is 0 Å². The first-order chi connectivity index (χ1) is 21.0. The van der Waals surface area contributed by atoms with Gasteiger partial charge in [0.25, 0.3) is 0 Å². The van der Waals surface area contributed by atoms with Crippen LogP contribution in [0.15, 0.2) is 24.0 Å². The quantitative estimate of drug-likeness (QED) is 0.209. The molecule has 0 saturated carbocycles. The van der Waals surface area contributed by atoms with Crippen molar-refractivity contribution in [1.29, 1.82) is 0 Å². The number of esters is 2. The molecule has 0 radical (unpaired) electrons. The predicted octanol–water partition coefficient (Wildman–Crippen LogP) is 3.11. The SMILES string of the molecule is COC1=CC23CCCN2CCc2cc4c(cc2[C@@H]3C1OC(=O)[C@@](O)(CCCC(C)(C)O)CC(=O)OCCCCCO)OCO4. The van der Waals surface area contributed by atoms with Gasteiger partial charge in [-0.25, -0.2) is 4.79 Å². The van der Waals surface area contributed by atoms with Crippen LogP contribution in [0.3, 0.4) is 0 Å². The van der Waals surface area contributed by atoms with Gasteiger partial charge < -0.3 is 39.0 Å². The molecule has 3 N–H and O–H groups in total. The van der Waals surface area contributed by atoms with E-state index in [1.165, 1.54) is 0 Å². The highest BCUT2D eigenvalue weighted by molar-refractivity contribution is 5.86. The summed E-state index contributed by atoms with van der Waals surface area (Å²) in [4.78, 5) is 29.3. The van der Waals surface area contributed by atoms with Crippen molar-refractivity contribution in [2.45, 2.75) is 107 Å². The second-order valence-electron chi connectivity index (χ2n) is 13.2. The molecule has 44 heavy (non-hydrogen) atoms. The monoisotopic (exact) mass is 617 g/mol. The number of aliphatic hydroxyl groups is 3. The van der Waals surface area contributed by atoms with Gasteiger partial charge in [-0.3, -0.25) is 9.69 Å². The van der Waals surface area contributed by atoms with Crippen molar-refractivity contribution >= 4 is 11.9 Å². The Morgan fingerprint density at radius 2 is 1.84 bits per heavy atom. The number of unbranched alkanes of at least 4 members (excludes halogenated alkanes) is 2. The third-order valence-corrected chi connectivity index (χ3v) is 9.46. The lowest BCUT2D eigenvalue weighted by molar-refractivity contribution is -0.179. The highest BCUT2D eigenvalue weighted by atomic mass is 16.7. The van der Waals surface area contributed by atoms with Gasteiger partial charge >= 0.3 is 11.9 Å². The number of hydrogen-bond donors (Lipinski definition) is 3. The van der Waals surface area contributed by atoms with E-state index >= 15 is 0 Å². The average Bonchev–Trinajstić information content (AvgIpc) is 3.65. The normalized spacial score (nSPS) is 25.3. The van der Waals surface area contributed by atoms with Crippen molar-refractivity contribution in [3.63, 3.8) is 0 Å². The van der Waals surface area contributed by atoms with Crippen LogP contribution in [-0.4, -0.2) is 95.2 Å². The van der Waals surface area contributed by atoms with Gasteiger partial charge in [0.1, 0.15) is 5.76 Å². The number of carbonyl (C=O) groups is 2. The molecule has 244 valence electrons. The van der Waals surface area contributed by atoms with Crippen LogP contribution in [-0.2, 0) is 30.2 Å². The van der Waals surface area contributed by atoms with Gasteiger partial charge in [-0.15, -0.1) is 0 Å². The largest absolute Gasteiger partial charge is 0.497 e. The van der Waals surface area contributed by atoms with E-state index < -0.39 is 41.2 Å². The number of methoxy groups -OCH3 is 1. The smallest absolute Gasteiger partial charge is 0.339 e. The van der Waals surface area contributed by atoms with E-state index in [1.807, 2.05) is 12.1 Å². The lowest BCUT2D eigenvalue weighted by atomic mass is 9.77. The molecule has 1 fully saturated rings. The van der Waals surface area contributed by atoms with Gasteiger partial charge in [-0.2, -0.15) is 0 Å². The van der Waals surface area contributed by atoms with Crippen molar-refractivity contribution in [2.75, 3.05) is 40.2 Å². The summed E-state index contributed by atoms with van der Waals surface area (Å²) in [5.74, 6) is -0.113. The molecule has 11 heteroatoms. The second kappa shape index (κ2) is 13.2. The zero-order chi connectivity index (χ0) is 31.5. The molecular formula is C33H47NO10. The zero-order valence-electron chi connectivity index (χ0n) is 26.1. The standard InChI is InChI=1S/C33H47NO10/c1-31(2,38)10-7-12-33(39,20-27(36)41-16-6-4-5-15-35)30(37)44-29-26(40-3)19-32-11-8-13-34(32)14-9-22-17-24-25(43-21-42-24)18-23(22)28(29)32/h17-19,28-29,35,38-39H,4-16,20-21H2,1-3H3/t28-,29?,32?,33-/m1/s1. The summed E-state index contributed by atoms with van der Waals surface area (Å²) in [5.41, 5.74) is -1.54. The Morgan fingerprint density at radius 1 is 1.07 bits per heavy atom. The Bertz CT molecular complexity index is 1240. The van der Waals surface area contributed by atoms with Gasteiger partial charge in [0, 0.05) is 13.2 Å². The highest BCUT2D eigenvalue weighted by Gasteiger charge is 2.59. The van der Waals surface area contributed by atoms with E-state index in [4.69, 9.17) is 28.8 Å². The predicted molar refractivity (Wildman–Crippen MR) is 159 cm³/mol. The molecule has 3 heterocycles. The van der Waals surface area contributed by atoms with E-state index in [2.05, 4.69) is 11.0 Å². The number of hydrogen-bond acceptors (Lipinski definition) is 11. The van der Waals surface area contributed by atoms with E-state index in [9.17, 15) is 19.8 Å². The number of benzene rings is 1. The molecule has 1 aliphatic carbocycles. The van der Waals surface area contributed by atoms with Crippen LogP contribution < -0.4 is 9.47 Å². The van der Waals surface area contributed by atoms with Crippen LogP contribution in [0.1, 0.15) is 88.7 Å². The number of aliphatic hydroxyl groups excluding tert-OH is 1. The number of fused-ring (bicyclic) bond motifs is 3. The third kappa shape index (κ3) is 6.71. The first-order valence-electron chi connectivity index (χ1n) is 15.9. The molecule has 3 aliphatic heterocycles. The summed E-state index contributed by atoms with van der Waals surface area (Å²) in [6.45, 7) is 5.36. The maximum Gasteiger partial charge on any atom is 0.339 e. The van der Waals surface area contributed by atoms with Crippen LogP contribution in [0.5, 0.6) is 11.5 Å².